The molecule has 0 spiro atoms. The highest BCUT2D eigenvalue weighted by Crippen LogP contribution is 2.22. The Morgan fingerprint density at radius 2 is 1.73 bits per heavy atom. The smallest absolute Gasteiger partial charge is 0.253 e. The second-order valence-corrected chi connectivity index (χ2v) is 7.61. The Labute approximate surface area is 176 Å². The van der Waals surface area contributed by atoms with Crippen molar-refractivity contribution in [3.63, 3.8) is 0 Å². The van der Waals surface area contributed by atoms with Crippen LogP contribution in [0, 0.1) is 0 Å². The lowest BCUT2D eigenvalue weighted by Gasteiger charge is -2.15. The van der Waals surface area contributed by atoms with Crippen molar-refractivity contribution >= 4 is 11.8 Å². The van der Waals surface area contributed by atoms with E-state index in [0.717, 1.165) is 48.6 Å². The van der Waals surface area contributed by atoms with E-state index in [9.17, 15) is 9.59 Å². The Kier molecular flexibility index (Phi) is 6.28. The second-order valence-electron chi connectivity index (χ2n) is 7.61. The molecule has 4 rings (SSSR count). The third-order valence-corrected chi connectivity index (χ3v) is 5.38. The average molecular weight is 402 g/mol. The lowest BCUT2D eigenvalue weighted by molar-refractivity contribution is -0.121. The van der Waals surface area contributed by atoms with Crippen molar-refractivity contribution in [1.82, 2.24) is 10.2 Å². The van der Waals surface area contributed by atoms with Crippen molar-refractivity contribution in [3.8, 4) is 11.3 Å². The summed E-state index contributed by atoms with van der Waals surface area (Å²) in [7, 11) is 0. The van der Waals surface area contributed by atoms with Crippen molar-refractivity contribution < 1.29 is 14.0 Å². The van der Waals surface area contributed by atoms with E-state index in [1.807, 2.05) is 71.6 Å². The van der Waals surface area contributed by atoms with Crippen LogP contribution >= 0.6 is 0 Å². The summed E-state index contributed by atoms with van der Waals surface area (Å²) < 4.78 is 5.85. The molecular formula is C25H26N2O3. The topological polar surface area (TPSA) is 62.6 Å². The molecule has 5 heteroatoms. The largest absolute Gasteiger partial charge is 0.461 e. The fourth-order valence-electron chi connectivity index (χ4n) is 3.71. The number of rotatable bonds is 7. The Hall–Kier alpha value is -3.34. The minimum Gasteiger partial charge on any atom is -0.461 e. The van der Waals surface area contributed by atoms with E-state index in [-0.39, 0.29) is 11.8 Å². The van der Waals surface area contributed by atoms with Crippen LogP contribution in [0.2, 0.25) is 0 Å². The van der Waals surface area contributed by atoms with Gasteiger partial charge in [0.05, 0.1) is 0 Å². The molecule has 0 saturated carbocycles. The van der Waals surface area contributed by atoms with E-state index in [4.69, 9.17) is 4.42 Å². The molecule has 5 nitrogen and oxygen atoms in total. The highest BCUT2D eigenvalue weighted by atomic mass is 16.3. The number of nitrogens with one attached hydrogen (secondary N) is 1. The molecule has 154 valence electrons. The molecule has 1 aromatic heterocycles. The Balaban J connectivity index is 1.27. The molecule has 1 aliphatic heterocycles. The molecule has 0 atom stereocenters. The molecule has 1 saturated heterocycles. The van der Waals surface area contributed by atoms with Crippen LogP contribution < -0.4 is 5.32 Å². The molecule has 30 heavy (non-hydrogen) atoms. The van der Waals surface area contributed by atoms with Crippen LogP contribution in [0.3, 0.4) is 0 Å². The van der Waals surface area contributed by atoms with Crippen LogP contribution in [0.1, 0.15) is 40.9 Å². The zero-order chi connectivity index (χ0) is 20.8. The molecule has 2 aromatic carbocycles. The normalized spacial score (nSPS) is 13.4. The zero-order valence-electron chi connectivity index (χ0n) is 17.0. The van der Waals surface area contributed by atoms with Gasteiger partial charge in [-0.1, -0.05) is 42.5 Å². The fourth-order valence-corrected chi connectivity index (χ4v) is 3.71. The van der Waals surface area contributed by atoms with Gasteiger partial charge in [0.2, 0.25) is 5.91 Å². The molecule has 1 N–H and O–H groups in total. The summed E-state index contributed by atoms with van der Waals surface area (Å²) in [6.45, 7) is 2.07. The van der Waals surface area contributed by atoms with Gasteiger partial charge < -0.3 is 14.6 Å². The molecule has 2 heterocycles. The van der Waals surface area contributed by atoms with E-state index < -0.39 is 0 Å². The number of nitrogens with zero attached hydrogens (tertiary/aromatic N) is 1. The maximum atomic E-state index is 12.5. The van der Waals surface area contributed by atoms with Crippen molar-refractivity contribution in [3.05, 3.63) is 83.6 Å². The number of likely N-dealkylation sites (tertiary alicyclic amines) is 1. The molecule has 0 radical (unpaired) electrons. The number of furan rings is 1. The summed E-state index contributed by atoms with van der Waals surface area (Å²) in [5, 5.41) is 2.94. The predicted octanol–water partition coefficient (Wildman–Crippen LogP) is 4.43. The molecule has 1 fully saturated rings. The molecule has 3 aromatic rings. The quantitative estimate of drug-likeness (QED) is 0.636. The summed E-state index contributed by atoms with van der Waals surface area (Å²) in [6.07, 6.45) is 3.05. The first-order chi connectivity index (χ1) is 14.7. The van der Waals surface area contributed by atoms with Crippen LogP contribution in [-0.4, -0.2) is 29.8 Å². The van der Waals surface area contributed by atoms with Crippen molar-refractivity contribution in [2.75, 3.05) is 13.1 Å². The number of carbonyl (C=O) groups excluding carboxylic acids is 2. The van der Waals surface area contributed by atoms with Crippen molar-refractivity contribution in [1.29, 1.82) is 0 Å². The summed E-state index contributed by atoms with van der Waals surface area (Å²) in [5.41, 5.74) is 2.64. The third-order valence-electron chi connectivity index (χ3n) is 5.38. The van der Waals surface area contributed by atoms with Gasteiger partial charge in [-0.2, -0.15) is 0 Å². The van der Waals surface area contributed by atoms with Crippen LogP contribution in [0.15, 0.2) is 71.1 Å². The van der Waals surface area contributed by atoms with E-state index in [0.29, 0.717) is 24.9 Å². The maximum Gasteiger partial charge on any atom is 0.253 e. The molecule has 2 amide bonds. The minimum absolute atomic E-state index is 0.0380. The van der Waals surface area contributed by atoms with Gasteiger partial charge in [-0.3, -0.25) is 9.59 Å². The van der Waals surface area contributed by atoms with Crippen LogP contribution in [-0.2, 0) is 17.8 Å². The van der Waals surface area contributed by atoms with Gasteiger partial charge in [-0.15, -0.1) is 0 Å². The highest BCUT2D eigenvalue weighted by Gasteiger charge is 2.19. The SMILES string of the molecule is O=C(CCc1ccc(-c2ccccc2)o1)NCc1cccc(C(=O)N2CCCC2)c1. The Bertz CT molecular complexity index is 1000. The second kappa shape index (κ2) is 9.44. The lowest BCUT2D eigenvalue weighted by atomic mass is 10.1. The van der Waals surface area contributed by atoms with Gasteiger partial charge in [0.1, 0.15) is 11.5 Å². The van der Waals surface area contributed by atoms with Crippen LogP contribution in [0.5, 0.6) is 0 Å². The van der Waals surface area contributed by atoms with Gasteiger partial charge >= 0.3 is 0 Å². The Morgan fingerprint density at radius 3 is 2.53 bits per heavy atom. The van der Waals surface area contributed by atoms with E-state index in [1.165, 1.54) is 0 Å². The van der Waals surface area contributed by atoms with Gasteiger partial charge in [0.15, 0.2) is 0 Å². The monoisotopic (exact) mass is 402 g/mol. The molecule has 1 aliphatic rings. The standard InChI is InChI=1S/C25H26N2O3/c28-24(14-12-22-11-13-23(30-22)20-8-2-1-3-9-20)26-18-19-7-6-10-21(17-19)25(29)27-15-4-5-16-27/h1-3,6-11,13,17H,4-5,12,14-16,18H2,(H,26,28). The highest BCUT2D eigenvalue weighted by molar-refractivity contribution is 5.94. The van der Waals surface area contributed by atoms with E-state index in [2.05, 4.69) is 5.32 Å². The van der Waals surface area contributed by atoms with Gasteiger partial charge in [0.25, 0.3) is 5.91 Å². The minimum atomic E-state index is -0.0380. The summed E-state index contributed by atoms with van der Waals surface area (Å²) in [5.74, 6) is 1.64. The van der Waals surface area contributed by atoms with Crippen molar-refractivity contribution in [2.24, 2.45) is 0 Å². The average Bonchev–Trinajstić information content (AvgIpc) is 3.49. The fraction of sp³-hybridized carbons (Fsp3) is 0.280. The van der Waals surface area contributed by atoms with Crippen LogP contribution in [0.25, 0.3) is 11.3 Å². The zero-order valence-corrected chi connectivity index (χ0v) is 17.0. The summed E-state index contributed by atoms with van der Waals surface area (Å²) >= 11 is 0. The maximum absolute atomic E-state index is 12.5. The number of carbonyl (C=O) groups is 2. The molecule has 0 unspecified atom stereocenters. The number of aryl methyl sites for hydroxylation is 1. The first kappa shape index (κ1) is 20.0. The number of hydrogen-bond donors (Lipinski definition) is 1. The molecular weight excluding hydrogens is 376 g/mol. The number of benzene rings is 2. The first-order valence-electron chi connectivity index (χ1n) is 10.5. The van der Waals surface area contributed by atoms with Gasteiger partial charge in [-0.25, -0.2) is 0 Å². The predicted molar refractivity (Wildman–Crippen MR) is 116 cm³/mol. The van der Waals surface area contributed by atoms with Gasteiger partial charge in [-0.05, 0) is 42.7 Å². The third kappa shape index (κ3) is 4.98. The number of hydrogen-bond acceptors (Lipinski definition) is 3. The van der Waals surface area contributed by atoms with Gasteiger partial charge in [0, 0.05) is 43.6 Å². The van der Waals surface area contributed by atoms with Crippen molar-refractivity contribution in [2.45, 2.75) is 32.2 Å². The summed E-state index contributed by atoms with van der Waals surface area (Å²) in [6, 6.07) is 21.3. The first-order valence-corrected chi connectivity index (χ1v) is 10.5. The summed E-state index contributed by atoms with van der Waals surface area (Å²) in [4.78, 5) is 26.7. The molecule has 0 aliphatic carbocycles. The molecule has 0 bridgehead atoms. The van der Waals surface area contributed by atoms with E-state index >= 15 is 0 Å². The lowest BCUT2D eigenvalue weighted by Crippen LogP contribution is -2.28. The van der Waals surface area contributed by atoms with E-state index in [1.54, 1.807) is 0 Å². The number of amides is 2. The van der Waals surface area contributed by atoms with Crippen LogP contribution in [0.4, 0.5) is 0 Å². The Morgan fingerprint density at radius 1 is 0.933 bits per heavy atom.